The highest BCUT2D eigenvalue weighted by Crippen LogP contribution is 2.66. The van der Waals surface area contributed by atoms with E-state index in [1.165, 1.54) is 63.5 Å². The Labute approximate surface area is 159 Å². The zero-order valence-corrected chi connectivity index (χ0v) is 16.6. The molecule has 0 radical (unpaired) electrons. The molecule has 140 valence electrons. The van der Waals surface area contributed by atoms with E-state index in [1.54, 1.807) is 5.57 Å². The Hall–Kier alpha value is -1.24. The molecule has 1 nitrogen and oxygen atoms in total. The van der Waals surface area contributed by atoms with Crippen LogP contribution in [0.3, 0.4) is 0 Å². The molecule has 4 aliphatic carbocycles. The molecule has 0 amide bonds. The smallest absolute Gasteiger partial charge is 0.0412 e. The second-order valence-electron chi connectivity index (χ2n) is 10.3. The first-order valence-corrected chi connectivity index (χ1v) is 11.1. The summed E-state index contributed by atoms with van der Waals surface area (Å²) < 4.78 is 0. The second kappa shape index (κ2) is 6.14. The maximum Gasteiger partial charge on any atom is 0.0412 e. The molecule has 6 atom stereocenters. The number of hydrogen-bond acceptors (Lipinski definition) is 1. The molecule has 3 fully saturated rings. The van der Waals surface area contributed by atoms with Crippen LogP contribution in [0.4, 0.5) is 0 Å². The third-order valence-corrected chi connectivity index (χ3v) is 9.20. The van der Waals surface area contributed by atoms with Gasteiger partial charge in [-0.3, -0.25) is 0 Å². The Morgan fingerprint density at radius 3 is 2.77 bits per heavy atom. The van der Waals surface area contributed by atoms with Crippen LogP contribution in [0.15, 0.2) is 47.9 Å². The van der Waals surface area contributed by atoms with Gasteiger partial charge in [-0.1, -0.05) is 38.5 Å². The van der Waals surface area contributed by atoms with Gasteiger partial charge in [-0.05, 0) is 104 Å². The van der Waals surface area contributed by atoms with Gasteiger partial charge in [0.2, 0.25) is 0 Å². The summed E-state index contributed by atoms with van der Waals surface area (Å²) in [5.41, 5.74) is 4.16. The molecule has 1 N–H and O–H groups in total. The Morgan fingerprint density at radius 2 is 1.85 bits per heavy atom. The average molecular weight is 350 g/mol. The molecule has 1 unspecified atom stereocenters. The zero-order valence-electron chi connectivity index (χ0n) is 16.6. The Kier molecular flexibility index (Phi) is 3.99. The zero-order chi connectivity index (χ0) is 17.8. The molecule has 5 rings (SSSR count). The Balaban J connectivity index is 1.46. The maximum atomic E-state index is 3.57. The molecule has 1 aliphatic heterocycles. The Bertz CT molecular complexity index is 695. The fourth-order valence-electron chi connectivity index (χ4n) is 7.94. The van der Waals surface area contributed by atoms with Gasteiger partial charge < -0.3 is 5.32 Å². The minimum absolute atomic E-state index is 0.513. The first-order valence-electron chi connectivity index (χ1n) is 11.1. The van der Waals surface area contributed by atoms with Crippen molar-refractivity contribution in [3.8, 4) is 0 Å². The molecule has 5 aliphatic rings. The number of rotatable bonds is 1. The largest absolute Gasteiger partial charge is 0.361 e. The molecule has 0 spiro atoms. The van der Waals surface area contributed by atoms with E-state index < -0.39 is 0 Å². The summed E-state index contributed by atoms with van der Waals surface area (Å²) in [6.07, 6.45) is 26.4. The highest BCUT2D eigenvalue weighted by molar-refractivity contribution is 5.40. The van der Waals surface area contributed by atoms with Crippen LogP contribution in [0.25, 0.3) is 0 Å². The SMILES string of the molecule is C[C@@]12CCC[C@H]1[C@@H]1CCC3C(C4=CC=CC=CN4)=CCC[C@]3(C)[C@H]1CC2. The topological polar surface area (TPSA) is 12.0 Å². The van der Waals surface area contributed by atoms with Gasteiger partial charge in [-0.15, -0.1) is 0 Å². The van der Waals surface area contributed by atoms with Crippen LogP contribution in [0.5, 0.6) is 0 Å². The lowest BCUT2D eigenvalue weighted by molar-refractivity contribution is -0.0834. The number of nitrogens with one attached hydrogen (secondary N) is 1. The van der Waals surface area contributed by atoms with E-state index >= 15 is 0 Å². The summed E-state index contributed by atoms with van der Waals surface area (Å²) >= 11 is 0. The predicted molar refractivity (Wildman–Crippen MR) is 109 cm³/mol. The first kappa shape index (κ1) is 16.9. The van der Waals surface area contributed by atoms with Crippen LogP contribution in [0.2, 0.25) is 0 Å². The van der Waals surface area contributed by atoms with Gasteiger partial charge in [0.1, 0.15) is 0 Å². The van der Waals surface area contributed by atoms with Crippen LogP contribution in [0, 0.1) is 34.5 Å². The number of fused-ring (bicyclic) bond motifs is 5. The normalized spacial score (nSPS) is 47.0. The quantitative estimate of drug-likeness (QED) is 0.569. The lowest BCUT2D eigenvalue weighted by Gasteiger charge is -2.60. The van der Waals surface area contributed by atoms with E-state index in [4.69, 9.17) is 0 Å². The van der Waals surface area contributed by atoms with Crippen molar-refractivity contribution in [1.29, 1.82) is 0 Å². The maximum absolute atomic E-state index is 3.57. The number of hydrogen-bond donors (Lipinski definition) is 1. The van der Waals surface area contributed by atoms with Crippen molar-refractivity contribution in [1.82, 2.24) is 5.32 Å². The summed E-state index contributed by atoms with van der Waals surface area (Å²) in [6, 6.07) is 0. The minimum atomic E-state index is 0.513. The van der Waals surface area contributed by atoms with Gasteiger partial charge >= 0.3 is 0 Å². The predicted octanol–water partition coefficient (Wildman–Crippen LogP) is 6.51. The van der Waals surface area contributed by atoms with E-state index in [0.29, 0.717) is 10.8 Å². The van der Waals surface area contributed by atoms with E-state index in [1.807, 2.05) is 0 Å². The molecule has 1 heteroatoms. The van der Waals surface area contributed by atoms with Gasteiger partial charge in [0.25, 0.3) is 0 Å². The highest BCUT2D eigenvalue weighted by atomic mass is 14.9. The molecule has 0 bridgehead atoms. The summed E-state index contributed by atoms with van der Waals surface area (Å²) in [5.74, 6) is 3.74. The minimum Gasteiger partial charge on any atom is -0.361 e. The van der Waals surface area contributed by atoms with Crippen LogP contribution in [-0.4, -0.2) is 0 Å². The van der Waals surface area contributed by atoms with Gasteiger partial charge in [0.05, 0.1) is 0 Å². The highest BCUT2D eigenvalue weighted by Gasteiger charge is 2.57. The van der Waals surface area contributed by atoms with Crippen molar-refractivity contribution in [2.75, 3.05) is 0 Å². The average Bonchev–Trinajstić information content (AvgIpc) is 2.85. The summed E-state index contributed by atoms with van der Waals surface area (Å²) in [6.45, 7) is 5.29. The van der Waals surface area contributed by atoms with Crippen LogP contribution < -0.4 is 5.32 Å². The van der Waals surface area contributed by atoms with Gasteiger partial charge in [0, 0.05) is 11.9 Å². The number of allylic oxidation sites excluding steroid dienone is 6. The molecule has 1 heterocycles. The van der Waals surface area contributed by atoms with E-state index in [9.17, 15) is 0 Å². The fraction of sp³-hybridized carbons (Fsp3) is 0.680. The molecule has 0 aromatic carbocycles. The van der Waals surface area contributed by atoms with Crippen LogP contribution >= 0.6 is 0 Å². The fourth-order valence-corrected chi connectivity index (χ4v) is 7.94. The molecular weight excluding hydrogens is 314 g/mol. The Morgan fingerprint density at radius 1 is 0.923 bits per heavy atom. The van der Waals surface area contributed by atoms with Crippen molar-refractivity contribution in [2.24, 2.45) is 34.5 Å². The van der Waals surface area contributed by atoms with Crippen molar-refractivity contribution in [3.63, 3.8) is 0 Å². The molecule has 3 saturated carbocycles. The van der Waals surface area contributed by atoms with Crippen LogP contribution in [-0.2, 0) is 0 Å². The molecule has 26 heavy (non-hydrogen) atoms. The third-order valence-electron chi connectivity index (χ3n) is 9.20. The lowest BCUT2D eigenvalue weighted by atomic mass is 9.45. The lowest BCUT2D eigenvalue weighted by Crippen LogP contribution is -2.52. The second-order valence-corrected chi connectivity index (χ2v) is 10.3. The van der Waals surface area contributed by atoms with Gasteiger partial charge in [0.15, 0.2) is 0 Å². The van der Waals surface area contributed by atoms with Crippen molar-refractivity contribution >= 4 is 0 Å². The van der Waals surface area contributed by atoms with Crippen molar-refractivity contribution in [3.05, 3.63) is 47.9 Å². The summed E-state index contributed by atoms with van der Waals surface area (Å²) in [7, 11) is 0. The molecular formula is C25H35N. The standard InChI is InChI=1S/C25H35N/c1-24-14-7-9-20(24)18-11-12-21-19(23-10-4-3-5-17-26-23)8-6-15-25(21,2)22(18)13-16-24/h3-5,8,10,17-18,20-22,26H,6-7,9,11-16H2,1-2H3/t18-,20-,21?,22-,24-,25-/m0/s1. The van der Waals surface area contributed by atoms with Crippen LogP contribution in [0.1, 0.15) is 71.6 Å². The third kappa shape index (κ3) is 2.42. The van der Waals surface area contributed by atoms with Crippen molar-refractivity contribution < 1.29 is 0 Å². The van der Waals surface area contributed by atoms with Crippen molar-refractivity contribution in [2.45, 2.75) is 71.6 Å². The molecule has 0 saturated heterocycles. The first-order chi connectivity index (χ1) is 12.6. The van der Waals surface area contributed by atoms with E-state index in [-0.39, 0.29) is 0 Å². The van der Waals surface area contributed by atoms with Gasteiger partial charge in [-0.25, -0.2) is 0 Å². The molecule has 0 aromatic rings. The van der Waals surface area contributed by atoms with E-state index in [2.05, 4.69) is 55.7 Å². The molecule has 0 aromatic heterocycles. The summed E-state index contributed by atoms with van der Waals surface area (Å²) in [4.78, 5) is 0. The monoisotopic (exact) mass is 349 g/mol. The van der Waals surface area contributed by atoms with Gasteiger partial charge in [-0.2, -0.15) is 0 Å². The summed E-state index contributed by atoms with van der Waals surface area (Å²) in [5, 5.41) is 3.57. The van der Waals surface area contributed by atoms with E-state index in [0.717, 1.165) is 23.7 Å².